The van der Waals surface area contributed by atoms with Gasteiger partial charge in [0.05, 0.1) is 6.04 Å². The van der Waals surface area contributed by atoms with Gasteiger partial charge in [0.25, 0.3) is 11.8 Å². The maximum absolute atomic E-state index is 13.8. The van der Waals surface area contributed by atoms with Gasteiger partial charge in [-0.05, 0) is 57.1 Å². The highest BCUT2D eigenvalue weighted by Crippen LogP contribution is 2.26. The summed E-state index contributed by atoms with van der Waals surface area (Å²) in [5.74, 6) is -5.24. The van der Waals surface area contributed by atoms with Crippen molar-refractivity contribution in [2.24, 2.45) is 17.6 Å². The Morgan fingerprint density at radius 2 is 1.35 bits per heavy atom. The lowest BCUT2D eigenvalue weighted by atomic mass is 9.85. The van der Waals surface area contributed by atoms with Gasteiger partial charge in [0.15, 0.2) is 0 Å². The second-order valence-corrected chi connectivity index (χ2v) is 13.2. The predicted octanol–water partition coefficient (Wildman–Crippen LogP) is 2.48. The SMILES string of the molecule is CC(C)[C@H](N)C(=O)NC(=O)[C@](C)(C(C)CO)N(NC(=O)[C@H](C)NC(=O)[C@H](C)NC(=O)OCc1ccccc1)C(=O)CCCCCc1ccccc1. The second kappa shape index (κ2) is 20.8. The molecule has 0 heterocycles. The normalized spacial score (nSPS) is 14.5. The molecule has 0 saturated carbocycles. The van der Waals surface area contributed by atoms with Crippen LogP contribution in [0.4, 0.5) is 4.79 Å². The first-order valence-corrected chi connectivity index (χ1v) is 17.3. The van der Waals surface area contributed by atoms with Crippen LogP contribution in [0.15, 0.2) is 60.7 Å². The van der Waals surface area contributed by atoms with Gasteiger partial charge >= 0.3 is 6.09 Å². The van der Waals surface area contributed by atoms with E-state index in [2.05, 4.69) is 21.4 Å². The van der Waals surface area contributed by atoms with E-state index in [9.17, 15) is 33.9 Å². The smallest absolute Gasteiger partial charge is 0.408 e. The number of nitrogens with two attached hydrogens (primary N) is 1. The molecule has 0 bridgehead atoms. The van der Waals surface area contributed by atoms with Crippen molar-refractivity contribution < 1.29 is 38.6 Å². The Kier molecular flexibility index (Phi) is 17.2. The van der Waals surface area contributed by atoms with Gasteiger partial charge in [-0.25, -0.2) is 9.80 Å². The number of imide groups is 1. The third-order valence-corrected chi connectivity index (χ3v) is 8.78. The molecule has 5 atom stereocenters. The average molecular weight is 711 g/mol. The largest absolute Gasteiger partial charge is 0.445 e. The number of hydrazine groups is 1. The lowest BCUT2D eigenvalue weighted by Crippen LogP contribution is -2.70. The molecule has 6 amide bonds. The monoisotopic (exact) mass is 710 g/mol. The molecular weight excluding hydrogens is 656 g/mol. The summed E-state index contributed by atoms with van der Waals surface area (Å²) in [6.07, 6.45) is 1.80. The molecule has 2 aromatic carbocycles. The molecule has 1 unspecified atom stereocenters. The number of amides is 6. The lowest BCUT2D eigenvalue weighted by molar-refractivity contribution is -0.162. The first kappa shape index (κ1) is 42.3. The van der Waals surface area contributed by atoms with Crippen LogP contribution in [0.2, 0.25) is 0 Å². The molecular formula is C37H54N6O8. The van der Waals surface area contributed by atoms with Crippen LogP contribution in [0.25, 0.3) is 0 Å². The summed E-state index contributed by atoms with van der Waals surface area (Å²) < 4.78 is 5.15. The summed E-state index contributed by atoms with van der Waals surface area (Å²) in [5.41, 5.74) is 8.39. The number of carbonyl (C=O) groups is 6. The number of aryl methyl sites for hydroxylation is 1. The molecule has 0 aliphatic rings. The number of hydrogen-bond donors (Lipinski definition) is 6. The third-order valence-electron chi connectivity index (χ3n) is 8.78. The number of alkyl carbamates (subject to hydrolysis) is 1. The molecule has 2 rings (SSSR count). The quantitative estimate of drug-likeness (QED) is 0.0991. The second-order valence-electron chi connectivity index (χ2n) is 13.2. The average Bonchev–Trinajstić information content (AvgIpc) is 3.12. The van der Waals surface area contributed by atoms with Crippen molar-refractivity contribution in [1.29, 1.82) is 0 Å². The fourth-order valence-corrected chi connectivity index (χ4v) is 4.94. The first-order valence-electron chi connectivity index (χ1n) is 17.3. The van der Waals surface area contributed by atoms with E-state index in [1.54, 1.807) is 38.1 Å². The van der Waals surface area contributed by atoms with E-state index in [1.165, 1.54) is 27.7 Å². The van der Waals surface area contributed by atoms with Gasteiger partial charge in [-0.3, -0.25) is 34.7 Å². The zero-order valence-corrected chi connectivity index (χ0v) is 30.4. The van der Waals surface area contributed by atoms with Crippen LogP contribution in [0.3, 0.4) is 0 Å². The maximum Gasteiger partial charge on any atom is 0.408 e. The van der Waals surface area contributed by atoms with E-state index >= 15 is 0 Å². The molecule has 0 spiro atoms. The van der Waals surface area contributed by atoms with E-state index in [1.807, 2.05) is 36.4 Å². The Balaban J connectivity index is 2.19. The van der Waals surface area contributed by atoms with Crippen molar-refractivity contribution in [3.63, 3.8) is 0 Å². The number of carbonyl (C=O) groups excluding carboxylic acids is 6. The number of nitrogens with zero attached hydrogens (tertiary/aromatic N) is 1. The number of aliphatic hydroxyl groups is 1. The fraction of sp³-hybridized carbons (Fsp3) is 0.514. The zero-order valence-electron chi connectivity index (χ0n) is 30.4. The van der Waals surface area contributed by atoms with Gasteiger partial charge < -0.3 is 26.2 Å². The topological polar surface area (TPSA) is 209 Å². The number of rotatable bonds is 18. The Morgan fingerprint density at radius 3 is 1.92 bits per heavy atom. The highest BCUT2D eigenvalue weighted by atomic mass is 16.5. The van der Waals surface area contributed by atoms with Crippen molar-refractivity contribution >= 4 is 35.6 Å². The first-order chi connectivity index (χ1) is 24.1. The Morgan fingerprint density at radius 1 is 0.784 bits per heavy atom. The molecule has 0 radical (unpaired) electrons. The number of aliphatic hydroxyl groups excluding tert-OH is 1. The molecule has 14 heteroatoms. The van der Waals surface area contributed by atoms with Gasteiger partial charge in [0.2, 0.25) is 17.7 Å². The number of ether oxygens (including phenoxy) is 1. The molecule has 2 aromatic rings. The molecule has 14 nitrogen and oxygen atoms in total. The van der Waals surface area contributed by atoms with Crippen molar-refractivity contribution in [3.05, 3.63) is 71.8 Å². The third kappa shape index (κ3) is 13.1. The summed E-state index contributed by atoms with van der Waals surface area (Å²) in [5, 5.41) is 18.2. The lowest BCUT2D eigenvalue weighted by Gasteiger charge is -2.43. The minimum absolute atomic E-state index is 0.00960. The molecule has 0 aliphatic carbocycles. The van der Waals surface area contributed by atoms with Crippen LogP contribution >= 0.6 is 0 Å². The van der Waals surface area contributed by atoms with Crippen LogP contribution in [0, 0.1) is 11.8 Å². The standard InChI is InChI=1S/C37H54N6O8/c1-24(2)31(38)34(48)41-35(49)37(6,25(3)22-44)43(30(45)21-15-9-12-18-28-16-10-7-11-17-28)42-33(47)27(5)39-32(46)26(4)40-36(50)51-23-29-19-13-8-14-20-29/h7-8,10-11,13-14,16-17,19-20,24-27,31,44H,9,12,15,18,21-23,38H2,1-6H3,(H,39,46)(H,40,50)(H,42,47)(H,41,48,49)/t25?,26-,27-,31-,37-/m0/s1. The van der Waals surface area contributed by atoms with Crippen molar-refractivity contribution in [2.75, 3.05) is 6.61 Å². The molecule has 280 valence electrons. The summed E-state index contributed by atoms with van der Waals surface area (Å²) >= 11 is 0. The number of nitrogens with one attached hydrogen (secondary N) is 4. The van der Waals surface area contributed by atoms with Gasteiger partial charge in [-0.15, -0.1) is 0 Å². The van der Waals surface area contributed by atoms with E-state index in [0.717, 1.165) is 29.0 Å². The van der Waals surface area contributed by atoms with Crippen LogP contribution in [-0.4, -0.2) is 76.0 Å². The number of benzene rings is 2. The van der Waals surface area contributed by atoms with Crippen LogP contribution in [-0.2, 0) is 41.7 Å². The van der Waals surface area contributed by atoms with Crippen LogP contribution in [0.1, 0.15) is 78.4 Å². The highest BCUT2D eigenvalue weighted by Gasteiger charge is 2.48. The number of unbranched alkanes of at least 4 members (excludes halogenated alkanes) is 2. The van der Waals surface area contributed by atoms with Gasteiger partial charge in [0, 0.05) is 18.9 Å². The zero-order chi connectivity index (χ0) is 38.1. The maximum atomic E-state index is 13.8. The van der Waals surface area contributed by atoms with Gasteiger partial charge in [-0.2, -0.15) is 0 Å². The summed E-state index contributed by atoms with van der Waals surface area (Å²) in [7, 11) is 0. The summed E-state index contributed by atoms with van der Waals surface area (Å²) in [4.78, 5) is 79.1. The minimum atomic E-state index is -1.96. The fourth-order valence-electron chi connectivity index (χ4n) is 4.94. The van der Waals surface area contributed by atoms with E-state index in [0.29, 0.717) is 12.8 Å². The van der Waals surface area contributed by atoms with Gasteiger partial charge in [-0.1, -0.05) is 87.9 Å². The van der Waals surface area contributed by atoms with Crippen LogP contribution in [0.5, 0.6) is 0 Å². The predicted molar refractivity (Wildman–Crippen MR) is 191 cm³/mol. The highest BCUT2D eigenvalue weighted by molar-refractivity contribution is 6.03. The van der Waals surface area contributed by atoms with E-state index in [-0.39, 0.29) is 18.9 Å². The van der Waals surface area contributed by atoms with E-state index in [4.69, 9.17) is 10.5 Å². The minimum Gasteiger partial charge on any atom is -0.445 e. The Hall–Kier alpha value is -4.82. The number of hydrogen-bond acceptors (Lipinski definition) is 9. The van der Waals surface area contributed by atoms with Crippen molar-refractivity contribution in [2.45, 2.75) is 104 Å². The van der Waals surface area contributed by atoms with Crippen molar-refractivity contribution in [3.8, 4) is 0 Å². The summed E-state index contributed by atoms with van der Waals surface area (Å²) in [6, 6.07) is 15.5. The Labute approximate surface area is 300 Å². The molecule has 0 aromatic heterocycles. The molecule has 7 N–H and O–H groups in total. The molecule has 51 heavy (non-hydrogen) atoms. The van der Waals surface area contributed by atoms with Crippen molar-refractivity contribution in [1.82, 2.24) is 26.4 Å². The summed E-state index contributed by atoms with van der Waals surface area (Å²) in [6.45, 7) is 8.41. The molecule has 0 saturated heterocycles. The van der Waals surface area contributed by atoms with Gasteiger partial charge in [0.1, 0.15) is 24.2 Å². The molecule has 0 aliphatic heterocycles. The van der Waals surface area contributed by atoms with E-state index < -0.39 is 71.8 Å². The molecule has 0 fully saturated rings. The Bertz CT molecular complexity index is 1460. The van der Waals surface area contributed by atoms with Crippen LogP contribution < -0.4 is 27.1 Å².